The molecule has 0 atom stereocenters. The summed E-state index contributed by atoms with van der Waals surface area (Å²) in [6.45, 7) is 7.77. The largest absolute Gasteiger partial charge is 0.355 e. The van der Waals surface area contributed by atoms with Gasteiger partial charge < -0.3 is 10.6 Å². The van der Waals surface area contributed by atoms with Crippen LogP contribution >= 0.6 is 0 Å². The lowest BCUT2D eigenvalue weighted by Gasteiger charge is -2.18. The van der Waals surface area contributed by atoms with E-state index in [1.807, 2.05) is 63.2 Å². The average molecular weight is 282 g/mol. The Labute approximate surface area is 126 Å². The molecule has 0 aliphatic rings. The van der Waals surface area contributed by atoms with Gasteiger partial charge in [0.25, 0.3) is 0 Å². The quantitative estimate of drug-likeness (QED) is 0.855. The first-order valence-electron chi connectivity index (χ1n) is 7.10. The Morgan fingerprint density at radius 1 is 0.905 bits per heavy atom. The van der Waals surface area contributed by atoms with E-state index in [0.717, 1.165) is 17.1 Å². The molecule has 0 radical (unpaired) electrons. The van der Waals surface area contributed by atoms with Crippen LogP contribution in [0.15, 0.2) is 48.5 Å². The first-order valence-corrected chi connectivity index (χ1v) is 7.10. The summed E-state index contributed by atoms with van der Waals surface area (Å²) in [5, 5.41) is 6.29. The Bertz CT molecular complexity index is 624. The minimum Gasteiger partial charge on any atom is -0.355 e. The van der Waals surface area contributed by atoms with Gasteiger partial charge in [0, 0.05) is 22.5 Å². The topological polar surface area (TPSA) is 41.1 Å². The van der Waals surface area contributed by atoms with Crippen LogP contribution in [0, 0.1) is 12.3 Å². The zero-order valence-electron chi connectivity index (χ0n) is 13.0. The zero-order valence-corrected chi connectivity index (χ0v) is 13.0. The predicted octanol–water partition coefficient (Wildman–Crippen LogP) is 4.72. The Hall–Kier alpha value is -2.29. The molecule has 1 amide bonds. The maximum absolute atomic E-state index is 11.9. The summed E-state index contributed by atoms with van der Waals surface area (Å²) in [4.78, 5) is 11.9. The number of benzene rings is 2. The molecule has 0 spiro atoms. The monoisotopic (exact) mass is 282 g/mol. The number of rotatable bonds is 3. The van der Waals surface area contributed by atoms with Crippen molar-refractivity contribution in [3.05, 3.63) is 54.1 Å². The van der Waals surface area contributed by atoms with Crippen molar-refractivity contribution >= 4 is 23.0 Å². The molecule has 21 heavy (non-hydrogen) atoms. The van der Waals surface area contributed by atoms with E-state index in [2.05, 4.69) is 23.6 Å². The molecule has 3 nitrogen and oxygen atoms in total. The van der Waals surface area contributed by atoms with Crippen molar-refractivity contribution in [2.45, 2.75) is 27.7 Å². The Balaban J connectivity index is 2.06. The van der Waals surface area contributed by atoms with Gasteiger partial charge in [-0.15, -0.1) is 0 Å². The Morgan fingerprint density at radius 3 is 2.05 bits per heavy atom. The maximum Gasteiger partial charge on any atom is 0.229 e. The van der Waals surface area contributed by atoms with Crippen molar-refractivity contribution in [3.8, 4) is 0 Å². The smallest absolute Gasteiger partial charge is 0.229 e. The van der Waals surface area contributed by atoms with Crippen LogP contribution in [0.25, 0.3) is 0 Å². The third-order valence-corrected chi connectivity index (χ3v) is 3.25. The number of anilines is 3. The molecule has 0 saturated heterocycles. The number of amides is 1. The Kier molecular flexibility index (Phi) is 4.32. The highest BCUT2D eigenvalue weighted by Crippen LogP contribution is 2.22. The minimum atomic E-state index is -0.391. The van der Waals surface area contributed by atoms with E-state index in [4.69, 9.17) is 0 Å². The number of nitrogens with one attached hydrogen (secondary N) is 2. The molecular formula is C18H22N2O. The summed E-state index contributed by atoms with van der Waals surface area (Å²) in [5.74, 6) is 0.0158. The summed E-state index contributed by atoms with van der Waals surface area (Å²) in [6, 6.07) is 15.9. The number of hydrogen-bond donors (Lipinski definition) is 2. The molecule has 0 fully saturated rings. The molecular weight excluding hydrogens is 260 g/mol. The molecule has 2 aromatic carbocycles. The third-order valence-electron chi connectivity index (χ3n) is 3.25. The van der Waals surface area contributed by atoms with Crippen molar-refractivity contribution in [2.75, 3.05) is 10.6 Å². The molecule has 110 valence electrons. The van der Waals surface area contributed by atoms with Crippen LogP contribution in [-0.2, 0) is 4.79 Å². The molecule has 0 aromatic heterocycles. The highest BCUT2D eigenvalue weighted by atomic mass is 16.2. The zero-order chi connectivity index (χ0) is 15.5. The highest BCUT2D eigenvalue weighted by molar-refractivity contribution is 5.94. The predicted molar refractivity (Wildman–Crippen MR) is 89.0 cm³/mol. The van der Waals surface area contributed by atoms with Crippen molar-refractivity contribution < 1.29 is 4.79 Å². The number of carbonyl (C=O) groups is 1. The van der Waals surface area contributed by atoms with Crippen LogP contribution < -0.4 is 10.6 Å². The highest BCUT2D eigenvalue weighted by Gasteiger charge is 2.20. The number of aryl methyl sites for hydroxylation is 1. The van der Waals surface area contributed by atoms with Gasteiger partial charge in [0.15, 0.2) is 0 Å². The van der Waals surface area contributed by atoms with Crippen molar-refractivity contribution in [2.24, 2.45) is 5.41 Å². The molecule has 0 heterocycles. The second kappa shape index (κ2) is 6.00. The fraction of sp³-hybridized carbons (Fsp3) is 0.278. The van der Waals surface area contributed by atoms with Crippen LogP contribution in [0.2, 0.25) is 0 Å². The average Bonchev–Trinajstić information content (AvgIpc) is 2.42. The van der Waals surface area contributed by atoms with Crippen LogP contribution in [0.1, 0.15) is 26.3 Å². The van der Waals surface area contributed by atoms with Crippen molar-refractivity contribution in [1.29, 1.82) is 0 Å². The van der Waals surface area contributed by atoms with Gasteiger partial charge in [-0.2, -0.15) is 0 Å². The fourth-order valence-corrected chi connectivity index (χ4v) is 1.82. The van der Waals surface area contributed by atoms with Gasteiger partial charge in [-0.05, 0) is 42.8 Å². The van der Waals surface area contributed by atoms with Gasteiger partial charge in [-0.1, -0.05) is 39.0 Å². The van der Waals surface area contributed by atoms with Gasteiger partial charge in [0.05, 0.1) is 0 Å². The summed E-state index contributed by atoms with van der Waals surface area (Å²) >= 11 is 0. The van der Waals surface area contributed by atoms with E-state index in [1.54, 1.807) is 0 Å². The van der Waals surface area contributed by atoms with E-state index in [0.29, 0.717) is 0 Å². The first-order chi connectivity index (χ1) is 9.86. The molecule has 0 aliphatic carbocycles. The molecule has 3 heteroatoms. The van der Waals surface area contributed by atoms with Crippen LogP contribution in [-0.4, -0.2) is 5.91 Å². The van der Waals surface area contributed by atoms with Gasteiger partial charge in [-0.3, -0.25) is 4.79 Å². The fourth-order valence-electron chi connectivity index (χ4n) is 1.82. The second-order valence-electron chi connectivity index (χ2n) is 6.22. The summed E-state index contributed by atoms with van der Waals surface area (Å²) in [5.41, 5.74) is 3.70. The van der Waals surface area contributed by atoms with Crippen molar-refractivity contribution in [3.63, 3.8) is 0 Å². The van der Waals surface area contributed by atoms with Crippen LogP contribution in [0.5, 0.6) is 0 Å². The molecule has 2 N–H and O–H groups in total. The SMILES string of the molecule is Cc1ccccc1Nc1ccc(NC(=O)C(C)(C)C)cc1. The van der Waals surface area contributed by atoms with Gasteiger partial charge in [0.1, 0.15) is 0 Å². The second-order valence-corrected chi connectivity index (χ2v) is 6.22. The minimum absolute atomic E-state index is 0.0158. The van der Waals surface area contributed by atoms with E-state index >= 15 is 0 Å². The molecule has 0 unspecified atom stereocenters. The number of carbonyl (C=O) groups excluding carboxylic acids is 1. The molecule has 0 saturated carbocycles. The maximum atomic E-state index is 11.9. The molecule has 0 aliphatic heterocycles. The van der Waals surface area contributed by atoms with Gasteiger partial charge in [0.2, 0.25) is 5.91 Å². The number of hydrogen-bond acceptors (Lipinski definition) is 2. The van der Waals surface area contributed by atoms with Crippen molar-refractivity contribution in [1.82, 2.24) is 0 Å². The third kappa shape index (κ3) is 4.09. The van der Waals surface area contributed by atoms with E-state index in [-0.39, 0.29) is 5.91 Å². The van der Waals surface area contributed by atoms with Gasteiger partial charge in [-0.25, -0.2) is 0 Å². The van der Waals surface area contributed by atoms with E-state index in [1.165, 1.54) is 5.56 Å². The lowest BCUT2D eigenvalue weighted by Crippen LogP contribution is -2.27. The summed E-state index contributed by atoms with van der Waals surface area (Å²) < 4.78 is 0. The molecule has 2 rings (SSSR count). The van der Waals surface area contributed by atoms with E-state index < -0.39 is 5.41 Å². The standard InChI is InChI=1S/C18H22N2O/c1-13-7-5-6-8-16(13)19-14-9-11-15(12-10-14)20-17(21)18(2,3)4/h5-12,19H,1-4H3,(H,20,21). The lowest BCUT2D eigenvalue weighted by molar-refractivity contribution is -0.123. The Morgan fingerprint density at radius 2 is 1.48 bits per heavy atom. The van der Waals surface area contributed by atoms with E-state index in [9.17, 15) is 4.79 Å². The first kappa shape index (κ1) is 15.1. The summed E-state index contributed by atoms with van der Waals surface area (Å²) in [7, 11) is 0. The lowest BCUT2D eigenvalue weighted by atomic mass is 9.95. The molecule has 0 bridgehead atoms. The van der Waals surface area contributed by atoms with Crippen LogP contribution in [0.4, 0.5) is 17.1 Å². The summed E-state index contributed by atoms with van der Waals surface area (Å²) in [6.07, 6.45) is 0. The normalized spacial score (nSPS) is 11.0. The molecule has 2 aromatic rings. The number of para-hydroxylation sites is 1. The van der Waals surface area contributed by atoms with Crippen LogP contribution in [0.3, 0.4) is 0 Å². The van der Waals surface area contributed by atoms with Gasteiger partial charge >= 0.3 is 0 Å².